The summed E-state index contributed by atoms with van der Waals surface area (Å²) in [6, 6.07) is 13.6. The number of rotatable bonds is 4. The molecule has 6 nitrogen and oxygen atoms in total. The van der Waals surface area contributed by atoms with Gasteiger partial charge in [0.25, 0.3) is 5.91 Å². The Morgan fingerprint density at radius 3 is 2.57 bits per heavy atom. The molecule has 0 saturated carbocycles. The van der Waals surface area contributed by atoms with Gasteiger partial charge >= 0.3 is 6.09 Å². The molecule has 0 bridgehead atoms. The van der Waals surface area contributed by atoms with Crippen LogP contribution in [0.4, 0.5) is 9.18 Å². The van der Waals surface area contributed by atoms with E-state index in [1.54, 1.807) is 39.0 Å². The van der Waals surface area contributed by atoms with E-state index in [-0.39, 0.29) is 36.3 Å². The maximum absolute atomic E-state index is 13.8. The van der Waals surface area contributed by atoms with Crippen LogP contribution in [-0.2, 0) is 20.7 Å². The third kappa shape index (κ3) is 5.73. The van der Waals surface area contributed by atoms with Gasteiger partial charge < -0.3 is 19.7 Å². The fourth-order valence-electron chi connectivity index (χ4n) is 4.84. The van der Waals surface area contributed by atoms with Crippen LogP contribution in [0.5, 0.6) is 0 Å². The lowest BCUT2D eigenvalue weighted by molar-refractivity contribution is -0.151. The van der Waals surface area contributed by atoms with Gasteiger partial charge in [-0.2, -0.15) is 0 Å². The summed E-state index contributed by atoms with van der Waals surface area (Å²) in [7, 11) is 0. The summed E-state index contributed by atoms with van der Waals surface area (Å²) in [6.45, 7) is 10.1. The molecule has 7 heteroatoms. The molecule has 4 rings (SSSR count). The predicted octanol–water partition coefficient (Wildman–Crippen LogP) is 4.78. The lowest BCUT2D eigenvalue weighted by Gasteiger charge is -2.42. The molecule has 4 atom stereocenters. The summed E-state index contributed by atoms with van der Waals surface area (Å²) in [5.74, 6) is -0.605. The van der Waals surface area contributed by atoms with Crippen molar-refractivity contribution in [1.29, 1.82) is 0 Å². The normalized spacial score (nSPS) is 24.3. The Morgan fingerprint density at radius 2 is 1.89 bits per heavy atom. The van der Waals surface area contributed by atoms with Crippen LogP contribution in [0.1, 0.15) is 49.9 Å². The number of alkyl carbamates (subject to hydrolysis) is 1. The first-order chi connectivity index (χ1) is 16.7. The average Bonchev–Trinajstić information content (AvgIpc) is 2.82. The molecule has 0 radical (unpaired) electrons. The molecule has 2 aromatic carbocycles. The number of halogens is 1. The molecule has 2 amide bonds. The molecule has 1 N–H and O–H groups in total. The number of fused-ring (bicyclic) bond motifs is 1. The standard InChI is InChI=1S/C28H33FN2O4/c1-5-18-17-34-24(16-23(18)30-27(33)35-28(2,3)4)26(32)31-15-14-19-8-6-7-9-22(19)25(31)20-10-12-21(29)13-11-20/h5-13,18,23-25H,1,14-17H2,2-4H3,(H,30,33)/t18-,23+,24-,25+/m1/s1. The molecule has 2 aliphatic rings. The van der Waals surface area contributed by atoms with Crippen molar-refractivity contribution < 1.29 is 23.5 Å². The van der Waals surface area contributed by atoms with E-state index in [1.807, 2.05) is 23.1 Å². The minimum absolute atomic E-state index is 0.137. The Hall–Kier alpha value is -3.19. The average molecular weight is 481 g/mol. The number of nitrogens with one attached hydrogen (secondary N) is 1. The molecule has 0 aliphatic carbocycles. The van der Waals surface area contributed by atoms with Crippen LogP contribution in [0.25, 0.3) is 0 Å². The fourth-order valence-corrected chi connectivity index (χ4v) is 4.84. The number of ether oxygens (including phenoxy) is 2. The van der Waals surface area contributed by atoms with Gasteiger partial charge in [-0.1, -0.05) is 42.5 Å². The summed E-state index contributed by atoms with van der Waals surface area (Å²) in [5.41, 5.74) is 2.42. The summed E-state index contributed by atoms with van der Waals surface area (Å²) >= 11 is 0. The number of amides is 2. The molecule has 0 spiro atoms. The van der Waals surface area contributed by atoms with E-state index in [9.17, 15) is 14.0 Å². The van der Waals surface area contributed by atoms with Crippen molar-refractivity contribution >= 4 is 12.0 Å². The van der Waals surface area contributed by atoms with Crippen molar-refractivity contribution in [2.75, 3.05) is 13.2 Å². The molecule has 0 aromatic heterocycles. The monoisotopic (exact) mass is 480 g/mol. The van der Waals surface area contributed by atoms with Crippen LogP contribution in [0, 0.1) is 11.7 Å². The van der Waals surface area contributed by atoms with Crippen LogP contribution >= 0.6 is 0 Å². The lowest BCUT2D eigenvalue weighted by atomic mass is 9.86. The fraction of sp³-hybridized carbons (Fsp3) is 0.429. The molecule has 186 valence electrons. The highest BCUT2D eigenvalue weighted by molar-refractivity contribution is 5.82. The minimum Gasteiger partial charge on any atom is -0.444 e. The van der Waals surface area contributed by atoms with Gasteiger partial charge in [-0.05, 0) is 56.0 Å². The van der Waals surface area contributed by atoms with Crippen LogP contribution in [0.3, 0.4) is 0 Å². The smallest absolute Gasteiger partial charge is 0.407 e. The Kier molecular flexibility index (Phi) is 7.26. The number of carbonyl (C=O) groups is 2. The van der Waals surface area contributed by atoms with Crippen molar-refractivity contribution in [3.8, 4) is 0 Å². The van der Waals surface area contributed by atoms with Crippen molar-refractivity contribution in [3.05, 3.63) is 83.7 Å². The van der Waals surface area contributed by atoms with Gasteiger partial charge in [0.1, 0.15) is 17.5 Å². The zero-order chi connectivity index (χ0) is 25.2. The molecule has 1 fully saturated rings. The third-order valence-corrected chi connectivity index (χ3v) is 6.51. The van der Waals surface area contributed by atoms with Crippen LogP contribution in [0.15, 0.2) is 61.2 Å². The van der Waals surface area contributed by atoms with E-state index < -0.39 is 17.8 Å². The predicted molar refractivity (Wildman–Crippen MR) is 131 cm³/mol. The van der Waals surface area contributed by atoms with Gasteiger partial charge in [-0.25, -0.2) is 9.18 Å². The Balaban J connectivity index is 1.57. The van der Waals surface area contributed by atoms with Crippen LogP contribution in [-0.4, -0.2) is 47.8 Å². The summed E-state index contributed by atoms with van der Waals surface area (Å²) < 4.78 is 25.1. The largest absolute Gasteiger partial charge is 0.444 e. The highest BCUT2D eigenvalue weighted by atomic mass is 19.1. The first-order valence-electron chi connectivity index (χ1n) is 12.0. The van der Waals surface area contributed by atoms with Crippen molar-refractivity contribution in [2.45, 2.75) is 57.4 Å². The van der Waals surface area contributed by atoms with E-state index in [0.29, 0.717) is 13.0 Å². The molecule has 2 aliphatic heterocycles. The van der Waals surface area contributed by atoms with E-state index in [1.165, 1.54) is 17.7 Å². The summed E-state index contributed by atoms with van der Waals surface area (Å²) in [5, 5.41) is 2.90. The topological polar surface area (TPSA) is 67.9 Å². The SMILES string of the molecule is C=C[C@@H]1CO[C@@H](C(=O)N2CCc3ccccc3[C@@H]2c2ccc(F)cc2)C[C@@H]1NC(=O)OC(C)(C)C. The maximum Gasteiger partial charge on any atom is 0.407 e. The molecule has 35 heavy (non-hydrogen) atoms. The van der Waals surface area contributed by atoms with Crippen molar-refractivity contribution in [1.82, 2.24) is 10.2 Å². The number of benzene rings is 2. The third-order valence-electron chi connectivity index (χ3n) is 6.51. The van der Waals surface area contributed by atoms with E-state index in [0.717, 1.165) is 17.5 Å². The molecular weight excluding hydrogens is 447 g/mol. The summed E-state index contributed by atoms with van der Waals surface area (Å²) in [6.07, 6.45) is 1.52. The zero-order valence-electron chi connectivity index (χ0n) is 20.5. The second-order valence-electron chi connectivity index (χ2n) is 10.1. The lowest BCUT2D eigenvalue weighted by Crippen LogP contribution is -2.54. The van der Waals surface area contributed by atoms with E-state index in [2.05, 4.69) is 18.0 Å². The summed E-state index contributed by atoms with van der Waals surface area (Å²) in [4.78, 5) is 28.1. The van der Waals surface area contributed by atoms with Gasteiger partial charge in [0.2, 0.25) is 0 Å². The van der Waals surface area contributed by atoms with Crippen molar-refractivity contribution in [2.24, 2.45) is 5.92 Å². The first-order valence-corrected chi connectivity index (χ1v) is 12.0. The van der Waals surface area contributed by atoms with E-state index >= 15 is 0 Å². The van der Waals surface area contributed by atoms with E-state index in [4.69, 9.17) is 9.47 Å². The minimum atomic E-state index is -0.723. The van der Waals surface area contributed by atoms with Gasteiger partial charge in [-0.15, -0.1) is 6.58 Å². The molecule has 0 unspecified atom stereocenters. The quantitative estimate of drug-likeness (QED) is 0.640. The number of carbonyl (C=O) groups excluding carboxylic acids is 2. The molecule has 1 saturated heterocycles. The number of nitrogens with zero attached hydrogens (tertiary/aromatic N) is 1. The Labute approximate surface area is 206 Å². The number of hydrogen-bond donors (Lipinski definition) is 1. The van der Waals surface area contributed by atoms with Gasteiger partial charge in [0.05, 0.1) is 12.6 Å². The first kappa shape index (κ1) is 24.9. The number of hydrogen-bond acceptors (Lipinski definition) is 4. The maximum atomic E-state index is 13.8. The molecular formula is C28H33FN2O4. The second kappa shape index (κ2) is 10.2. The Morgan fingerprint density at radius 1 is 1.17 bits per heavy atom. The molecule has 2 heterocycles. The highest BCUT2D eigenvalue weighted by Crippen LogP contribution is 2.36. The van der Waals surface area contributed by atoms with Crippen LogP contribution < -0.4 is 5.32 Å². The van der Waals surface area contributed by atoms with Gasteiger partial charge in [0.15, 0.2) is 0 Å². The molecule has 2 aromatic rings. The Bertz CT molecular complexity index is 1080. The van der Waals surface area contributed by atoms with Crippen molar-refractivity contribution in [3.63, 3.8) is 0 Å². The van der Waals surface area contributed by atoms with Gasteiger partial charge in [0, 0.05) is 24.9 Å². The van der Waals surface area contributed by atoms with Crippen LogP contribution in [0.2, 0.25) is 0 Å². The zero-order valence-corrected chi connectivity index (χ0v) is 20.5. The highest BCUT2D eigenvalue weighted by Gasteiger charge is 2.40. The second-order valence-corrected chi connectivity index (χ2v) is 10.1. The van der Waals surface area contributed by atoms with Gasteiger partial charge in [-0.3, -0.25) is 4.79 Å².